The molecule has 0 fully saturated rings. The third kappa shape index (κ3) is 8.77. The standard InChI is InChI=1S/C11H23N3O4/c1-4-9(10(15)16)13-11(17)12-5-7-18-8-6-14(2)3/h9H,4-8H2,1-3H3,(H,15,16)(H2,12,13,17). The number of hydrogen-bond donors (Lipinski definition) is 3. The number of carbonyl (C=O) groups excluding carboxylic acids is 1. The highest BCUT2D eigenvalue weighted by Gasteiger charge is 2.16. The van der Waals surface area contributed by atoms with E-state index in [0.29, 0.717) is 26.2 Å². The van der Waals surface area contributed by atoms with Gasteiger partial charge in [0.25, 0.3) is 0 Å². The molecule has 0 bridgehead atoms. The summed E-state index contributed by atoms with van der Waals surface area (Å²) in [5.41, 5.74) is 0. The summed E-state index contributed by atoms with van der Waals surface area (Å²) in [6.45, 7) is 3.88. The van der Waals surface area contributed by atoms with Crippen LogP contribution >= 0.6 is 0 Å². The quantitative estimate of drug-likeness (QED) is 0.497. The number of ether oxygens (including phenoxy) is 1. The van der Waals surface area contributed by atoms with Crippen molar-refractivity contribution in [1.29, 1.82) is 0 Å². The minimum Gasteiger partial charge on any atom is -0.480 e. The highest BCUT2D eigenvalue weighted by Crippen LogP contribution is 1.90. The van der Waals surface area contributed by atoms with E-state index < -0.39 is 18.0 Å². The summed E-state index contributed by atoms with van der Waals surface area (Å²) in [6, 6.07) is -1.33. The van der Waals surface area contributed by atoms with Crippen molar-refractivity contribution in [3.8, 4) is 0 Å². The molecule has 3 N–H and O–H groups in total. The first-order valence-electron chi connectivity index (χ1n) is 5.97. The second-order valence-electron chi connectivity index (χ2n) is 4.11. The van der Waals surface area contributed by atoms with Gasteiger partial charge in [-0.1, -0.05) is 6.92 Å². The molecule has 0 aromatic rings. The zero-order valence-electron chi connectivity index (χ0n) is 11.2. The molecule has 0 aromatic heterocycles. The van der Waals surface area contributed by atoms with Gasteiger partial charge in [0.2, 0.25) is 0 Å². The topological polar surface area (TPSA) is 90.9 Å². The van der Waals surface area contributed by atoms with Gasteiger partial charge in [0.05, 0.1) is 13.2 Å². The number of nitrogens with zero attached hydrogens (tertiary/aromatic N) is 1. The molecule has 7 heteroatoms. The third-order valence-corrected chi connectivity index (χ3v) is 2.23. The molecule has 2 amide bonds. The minimum atomic E-state index is -1.03. The number of likely N-dealkylation sites (N-methyl/N-ethyl adjacent to an activating group) is 1. The number of nitrogens with one attached hydrogen (secondary N) is 2. The maximum Gasteiger partial charge on any atom is 0.326 e. The molecule has 7 nitrogen and oxygen atoms in total. The molecule has 0 radical (unpaired) electrons. The molecule has 0 saturated heterocycles. The Bertz CT molecular complexity index is 259. The summed E-state index contributed by atoms with van der Waals surface area (Å²) in [6.07, 6.45) is 0.349. The molecular formula is C11H23N3O4. The molecule has 1 atom stereocenters. The number of carboxylic acid groups (broad SMARTS) is 1. The van der Waals surface area contributed by atoms with Crippen LogP contribution in [0, 0.1) is 0 Å². The smallest absolute Gasteiger partial charge is 0.326 e. The largest absolute Gasteiger partial charge is 0.480 e. The van der Waals surface area contributed by atoms with Gasteiger partial charge >= 0.3 is 12.0 Å². The van der Waals surface area contributed by atoms with Crippen molar-refractivity contribution >= 4 is 12.0 Å². The van der Waals surface area contributed by atoms with Gasteiger partial charge < -0.3 is 25.4 Å². The second kappa shape index (κ2) is 9.67. The molecule has 1 unspecified atom stereocenters. The molecule has 18 heavy (non-hydrogen) atoms. The van der Waals surface area contributed by atoms with Gasteiger partial charge in [-0.3, -0.25) is 0 Å². The van der Waals surface area contributed by atoms with Crippen LogP contribution in [0.3, 0.4) is 0 Å². The number of urea groups is 1. The Kier molecular flexibility index (Phi) is 8.95. The minimum absolute atomic E-state index is 0.349. The van der Waals surface area contributed by atoms with Crippen LogP contribution in [0.4, 0.5) is 4.79 Å². The summed E-state index contributed by atoms with van der Waals surface area (Å²) >= 11 is 0. The van der Waals surface area contributed by atoms with Crippen molar-refractivity contribution < 1.29 is 19.4 Å². The summed E-state index contributed by atoms with van der Waals surface area (Å²) < 4.78 is 5.27. The molecule has 0 rings (SSSR count). The molecule has 0 aliphatic carbocycles. The van der Waals surface area contributed by atoms with E-state index in [9.17, 15) is 9.59 Å². The summed E-state index contributed by atoms with van der Waals surface area (Å²) in [4.78, 5) is 24.0. The maximum atomic E-state index is 11.3. The van der Waals surface area contributed by atoms with E-state index in [2.05, 4.69) is 10.6 Å². The first kappa shape index (κ1) is 16.7. The summed E-state index contributed by atoms with van der Waals surface area (Å²) in [5.74, 6) is -1.03. The van der Waals surface area contributed by atoms with Crippen LogP contribution in [0.1, 0.15) is 13.3 Å². The molecule has 0 spiro atoms. The molecular weight excluding hydrogens is 238 g/mol. The summed E-state index contributed by atoms with van der Waals surface area (Å²) in [5, 5.41) is 13.6. The second-order valence-corrected chi connectivity index (χ2v) is 4.11. The van der Waals surface area contributed by atoms with E-state index in [0.717, 1.165) is 6.54 Å². The Hall–Kier alpha value is -1.34. The van der Waals surface area contributed by atoms with Gasteiger partial charge in [-0.15, -0.1) is 0 Å². The van der Waals surface area contributed by atoms with Gasteiger partial charge in [-0.05, 0) is 20.5 Å². The van der Waals surface area contributed by atoms with Gasteiger partial charge in [0.15, 0.2) is 0 Å². The van der Waals surface area contributed by atoms with Crippen molar-refractivity contribution in [3.05, 3.63) is 0 Å². The lowest BCUT2D eigenvalue weighted by molar-refractivity contribution is -0.139. The summed E-state index contributed by atoms with van der Waals surface area (Å²) in [7, 11) is 3.90. The van der Waals surface area contributed by atoms with E-state index in [1.165, 1.54) is 0 Å². The number of hydrogen-bond acceptors (Lipinski definition) is 4. The van der Waals surface area contributed by atoms with Crippen LogP contribution in [0.15, 0.2) is 0 Å². The predicted octanol–water partition coefficient (Wildman–Crippen LogP) is -0.273. The van der Waals surface area contributed by atoms with E-state index >= 15 is 0 Å². The lowest BCUT2D eigenvalue weighted by Gasteiger charge is -2.13. The Morgan fingerprint density at radius 3 is 2.50 bits per heavy atom. The lowest BCUT2D eigenvalue weighted by Crippen LogP contribution is -2.46. The van der Waals surface area contributed by atoms with E-state index in [1.54, 1.807) is 6.92 Å². The SMILES string of the molecule is CCC(NC(=O)NCCOCCN(C)C)C(=O)O. The zero-order valence-corrected chi connectivity index (χ0v) is 11.2. The van der Waals surface area contributed by atoms with E-state index in [-0.39, 0.29) is 0 Å². The van der Waals surface area contributed by atoms with Crippen molar-refractivity contribution in [2.45, 2.75) is 19.4 Å². The van der Waals surface area contributed by atoms with Gasteiger partial charge in [-0.2, -0.15) is 0 Å². The highest BCUT2D eigenvalue weighted by molar-refractivity contribution is 5.82. The first-order valence-corrected chi connectivity index (χ1v) is 5.97. The van der Waals surface area contributed by atoms with Crippen molar-refractivity contribution in [2.24, 2.45) is 0 Å². The predicted molar refractivity (Wildman–Crippen MR) is 67.6 cm³/mol. The average molecular weight is 261 g/mol. The Morgan fingerprint density at radius 1 is 1.33 bits per heavy atom. The van der Waals surface area contributed by atoms with Crippen LogP contribution in [-0.4, -0.2) is 68.4 Å². The molecule has 0 heterocycles. The van der Waals surface area contributed by atoms with E-state index in [1.807, 2.05) is 19.0 Å². The fraction of sp³-hybridized carbons (Fsp3) is 0.818. The molecule has 0 aliphatic rings. The monoisotopic (exact) mass is 261 g/mol. The van der Waals surface area contributed by atoms with Crippen molar-refractivity contribution in [1.82, 2.24) is 15.5 Å². The van der Waals surface area contributed by atoms with Gasteiger partial charge in [0.1, 0.15) is 6.04 Å². The first-order chi connectivity index (χ1) is 8.47. The lowest BCUT2D eigenvalue weighted by atomic mass is 10.2. The fourth-order valence-electron chi connectivity index (χ4n) is 1.13. The van der Waals surface area contributed by atoms with Crippen molar-refractivity contribution in [2.75, 3.05) is 40.4 Å². The number of carboxylic acids is 1. The molecule has 0 saturated carbocycles. The molecule has 0 aliphatic heterocycles. The molecule has 106 valence electrons. The van der Waals surface area contributed by atoms with Crippen LogP contribution in [0.2, 0.25) is 0 Å². The number of rotatable bonds is 9. The fourth-order valence-corrected chi connectivity index (χ4v) is 1.13. The highest BCUT2D eigenvalue weighted by atomic mass is 16.5. The zero-order chi connectivity index (χ0) is 14.0. The van der Waals surface area contributed by atoms with Gasteiger partial charge in [-0.25, -0.2) is 9.59 Å². The number of amides is 2. The normalized spacial score (nSPS) is 12.2. The average Bonchev–Trinajstić information content (AvgIpc) is 2.29. The van der Waals surface area contributed by atoms with Crippen LogP contribution in [0.25, 0.3) is 0 Å². The van der Waals surface area contributed by atoms with Crippen LogP contribution in [0.5, 0.6) is 0 Å². The van der Waals surface area contributed by atoms with Gasteiger partial charge in [0, 0.05) is 13.1 Å². The molecule has 0 aromatic carbocycles. The Labute approximate surface area is 107 Å². The number of carbonyl (C=O) groups is 2. The number of aliphatic carboxylic acids is 1. The van der Waals surface area contributed by atoms with Crippen LogP contribution < -0.4 is 10.6 Å². The Morgan fingerprint density at radius 2 is 2.00 bits per heavy atom. The van der Waals surface area contributed by atoms with E-state index in [4.69, 9.17) is 9.84 Å². The Balaban J connectivity index is 3.56. The van der Waals surface area contributed by atoms with Crippen molar-refractivity contribution in [3.63, 3.8) is 0 Å². The third-order valence-electron chi connectivity index (χ3n) is 2.23. The maximum absolute atomic E-state index is 11.3. The van der Waals surface area contributed by atoms with Crippen LogP contribution in [-0.2, 0) is 9.53 Å².